The number of likely N-dealkylation sites (tertiary alicyclic amines) is 1. The molecule has 1 heterocycles. The van der Waals surface area contributed by atoms with Gasteiger partial charge in [-0.3, -0.25) is 0 Å². The number of nitrogens with zero attached hydrogens (tertiary/aromatic N) is 1. The Kier molecular flexibility index (Phi) is 5.69. The fourth-order valence-corrected chi connectivity index (χ4v) is 3.16. The highest BCUT2D eigenvalue weighted by Gasteiger charge is 2.27. The van der Waals surface area contributed by atoms with Crippen LogP contribution in [0.4, 0.5) is 4.79 Å². The van der Waals surface area contributed by atoms with Gasteiger partial charge in [-0.25, -0.2) is 4.79 Å². The summed E-state index contributed by atoms with van der Waals surface area (Å²) in [5, 5.41) is 12.7. The summed E-state index contributed by atoms with van der Waals surface area (Å²) in [6.07, 6.45) is 1.49. The second kappa shape index (κ2) is 7.35. The van der Waals surface area contributed by atoms with Crippen LogP contribution in [0, 0.1) is 12.8 Å². The molecular weight excluding hydrogens is 288 g/mol. The van der Waals surface area contributed by atoms with Crippen molar-refractivity contribution < 1.29 is 9.90 Å². The number of hydrogen-bond donors (Lipinski definition) is 2. The summed E-state index contributed by atoms with van der Waals surface area (Å²) in [5.41, 5.74) is 2.38. The fourth-order valence-electron chi connectivity index (χ4n) is 3.16. The second-order valence-corrected chi connectivity index (χ2v) is 7.48. The minimum absolute atomic E-state index is 0.00905. The summed E-state index contributed by atoms with van der Waals surface area (Å²) < 4.78 is 0. The van der Waals surface area contributed by atoms with Crippen molar-refractivity contribution in [3.8, 4) is 0 Å². The lowest BCUT2D eigenvalue weighted by Crippen LogP contribution is -2.48. The van der Waals surface area contributed by atoms with E-state index in [0.717, 1.165) is 25.9 Å². The molecule has 1 aromatic carbocycles. The van der Waals surface area contributed by atoms with Crippen LogP contribution in [0.15, 0.2) is 24.3 Å². The molecule has 0 aliphatic carbocycles. The van der Waals surface area contributed by atoms with Crippen molar-refractivity contribution in [2.24, 2.45) is 5.92 Å². The van der Waals surface area contributed by atoms with E-state index in [9.17, 15) is 9.90 Å². The highest BCUT2D eigenvalue weighted by atomic mass is 16.3. The third-order valence-corrected chi connectivity index (χ3v) is 4.99. The highest BCUT2D eigenvalue weighted by Crippen LogP contribution is 2.24. The number of rotatable bonds is 4. The molecule has 128 valence electrons. The molecule has 0 spiro atoms. The smallest absolute Gasteiger partial charge is 0.317 e. The molecule has 1 atom stereocenters. The number of carbonyl (C=O) groups is 1. The molecule has 4 heteroatoms. The van der Waals surface area contributed by atoms with Crippen molar-refractivity contribution in [1.29, 1.82) is 0 Å². The molecular formula is C19H30N2O2. The number of nitrogens with one attached hydrogen (secondary N) is 1. The molecule has 1 aliphatic rings. The van der Waals surface area contributed by atoms with Crippen molar-refractivity contribution in [2.75, 3.05) is 19.6 Å². The van der Waals surface area contributed by atoms with Gasteiger partial charge in [0.05, 0.1) is 6.10 Å². The maximum Gasteiger partial charge on any atom is 0.317 e. The minimum atomic E-state index is -0.277. The molecule has 0 saturated carbocycles. The lowest BCUT2D eigenvalue weighted by molar-refractivity contribution is 0.0796. The molecule has 0 radical (unpaired) electrons. The Morgan fingerprint density at radius 2 is 2.04 bits per heavy atom. The SMILES string of the molecule is Cc1cccc(C(C)(C)CNC(=O)N2CCC(C(C)O)CC2)c1. The van der Waals surface area contributed by atoms with Crippen LogP contribution in [0.3, 0.4) is 0 Å². The van der Waals surface area contributed by atoms with Gasteiger partial charge in [0.1, 0.15) is 0 Å². The molecule has 1 unspecified atom stereocenters. The van der Waals surface area contributed by atoms with Crippen molar-refractivity contribution in [3.63, 3.8) is 0 Å². The van der Waals surface area contributed by atoms with Gasteiger partial charge in [0.25, 0.3) is 0 Å². The molecule has 0 bridgehead atoms. The van der Waals surface area contributed by atoms with Crippen LogP contribution < -0.4 is 5.32 Å². The van der Waals surface area contributed by atoms with Crippen LogP contribution >= 0.6 is 0 Å². The number of aliphatic hydroxyl groups excluding tert-OH is 1. The molecule has 1 saturated heterocycles. The van der Waals surface area contributed by atoms with Gasteiger partial charge >= 0.3 is 6.03 Å². The number of aliphatic hydroxyl groups is 1. The standard InChI is InChI=1S/C19H30N2O2/c1-14-6-5-7-17(12-14)19(3,4)13-20-18(23)21-10-8-16(9-11-21)15(2)22/h5-7,12,15-16,22H,8-11,13H2,1-4H3,(H,20,23). The maximum absolute atomic E-state index is 12.4. The van der Waals surface area contributed by atoms with E-state index >= 15 is 0 Å². The topological polar surface area (TPSA) is 52.6 Å². The monoisotopic (exact) mass is 318 g/mol. The summed E-state index contributed by atoms with van der Waals surface area (Å²) in [6.45, 7) is 10.3. The Balaban J connectivity index is 1.87. The first kappa shape index (κ1) is 17.8. The third kappa shape index (κ3) is 4.71. The van der Waals surface area contributed by atoms with E-state index in [0.29, 0.717) is 12.5 Å². The van der Waals surface area contributed by atoms with Crippen molar-refractivity contribution in [1.82, 2.24) is 10.2 Å². The maximum atomic E-state index is 12.4. The van der Waals surface area contributed by atoms with Crippen LogP contribution in [-0.2, 0) is 5.41 Å². The largest absolute Gasteiger partial charge is 0.393 e. The zero-order chi connectivity index (χ0) is 17.0. The number of urea groups is 1. The highest BCUT2D eigenvalue weighted by molar-refractivity contribution is 5.74. The van der Waals surface area contributed by atoms with Gasteiger partial charge in [-0.2, -0.15) is 0 Å². The molecule has 1 aliphatic heterocycles. The first-order valence-corrected chi connectivity index (χ1v) is 8.57. The van der Waals surface area contributed by atoms with Gasteiger partial charge in [-0.1, -0.05) is 43.7 Å². The molecule has 0 aromatic heterocycles. The Hall–Kier alpha value is -1.55. The Labute approximate surface area is 139 Å². The molecule has 4 nitrogen and oxygen atoms in total. The van der Waals surface area contributed by atoms with Crippen LogP contribution in [0.2, 0.25) is 0 Å². The number of hydrogen-bond acceptors (Lipinski definition) is 2. The van der Waals surface area contributed by atoms with E-state index in [1.54, 1.807) is 0 Å². The van der Waals surface area contributed by atoms with E-state index in [1.807, 2.05) is 11.8 Å². The Bertz CT molecular complexity index is 532. The minimum Gasteiger partial charge on any atom is -0.393 e. The van der Waals surface area contributed by atoms with E-state index in [1.165, 1.54) is 11.1 Å². The van der Waals surface area contributed by atoms with Crippen LogP contribution in [-0.4, -0.2) is 41.8 Å². The molecule has 1 aromatic rings. The lowest BCUT2D eigenvalue weighted by Gasteiger charge is -2.34. The number of aryl methyl sites for hydroxylation is 1. The quantitative estimate of drug-likeness (QED) is 0.896. The first-order valence-electron chi connectivity index (χ1n) is 8.57. The number of piperidine rings is 1. The zero-order valence-electron chi connectivity index (χ0n) is 14.8. The van der Waals surface area contributed by atoms with Gasteiger partial charge in [0.15, 0.2) is 0 Å². The Morgan fingerprint density at radius 3 is 2.61 bits per heavy atom. The molecule has 23 heavy (non-hydrogen) atoms. The van der Waals surface area contributed by atoms with E-state index < -0.39 is 0 Å². The van der Waals surface area contributed by atoms with Crippen molar-refractivity contribution >= 4 is 6.03 Å². The number of benzene rings is 1. The Morgan fingerprint density at radius 1 is 1.39 bits per heavy atom. The fraction of sp³-hybridized carbons (Fsp3) is 0.632. The third-order valence-electron chi connectivity index (χ3n) is 4.99. The predicted molar refractivity (Wildman–Crippen MR) is 93.6 cm³/mol. The summed E-state index contributed by atoms with van der Waals surface area (Å²) in [7, 11) is 0. The average Bonchev–Trinajstić information content (AvgIpc) is 2.53. The molecule has 2 N–H and O–H groups in total. The molecule has 2 amide bonds. The lowest BCUT2D eigenvalue weighted by atomic mass is 9.84. The van der Waals surface area contributed by atoms with Crippen LogP contribution in [0.1, 0.15) is 44.7 Å². The van der Waals surface area contributed by atoms with E-state index in [2.05, 4.69) is 50.4 Å². The van der Waals surface area contributed by atoms with Gasteiger partial charge < -0.3 is 15.3 Å². The zero-order valence-corrected chi connectivity index (χ0v) is 14.8. The molecule has 1 fully saturated rings. The summed E-state index contributed by atoms with van der Waals surface area (Å²) in [4.78, 5) is 14.2. The van der Waals surface area contributed by atoms with Gasteiger partial charge in [0.2, 0.25) is 0 Å². The van der Waals surface area contributed by atoms with Crippen molar-refractivity contribution in [3.05, 3.63) is 35.4 Å². The molecule has 2 rings (SSSR count). The van der Waals surface area contributed by atoms with E-state index in [4.69, 9.17) is 0 Å². The van der Waals surface area contributed by atoms with Gasteiger partial charge in [-0.15, -0.1) is 0 Å². The number of amides is 2. The van der Waals surface area contributed by atoms with Crippen LogP contribution in [0.5, 0.6) is 0 Å². The van der Waals surface area contributed by atoms with Crippen LogP contribution in [0.25, 0.3) is 0 Å². The van der Waals surface area contributed by atoms with E-state index in [-0.39, 0.29) is 17.6 Å². The van der Waals surface area contributed by atoms with Gasteiger partial charge in [0, 0.05) is 25.0 Å². The number of carbonyl (C=O) groups excluding carboxylic acids is 1. The normalized spacial score (nSPS) is 17.9. The van der Waals surface area contributed by atoms with Crippen molar-refractivity contribution in [2.45, 2.75) is 52.1 Å². The van der Waals surface area contributed by atoms with Gasteiger partial charge in [-0.05, 0) is 38.2 Å². The predicted octanol–water partition coefficient (Wildman–Crippen LogP) is 3.08. The second-order valence-electron chi connectivity index (χ2n) is 7.48. The average molecular weight is 318 g/mol. The summed E-state index contributed by atoms with van der Waals surface area (Å²) >= 11 is 0. The summed E-state index contributed by atoms with van der Waals surface area (Å²) in [5.74, 6) is 0.322. The first-order chi connectivity index (χ1) is 10.8. The summed E-state index contributed by atoms with van der Waals surface area (Å²) in [6, 6.07) is 8.46.